The quantitative estimate of drug-likeness (QED) is 0.358. The third-order valence-electron chi connectivity index (χ3n) is 6.09. The Morgan fingerprint density at radius 1 is 1.21 bits per heavy atom. The van der Waals surface area contributed by atoms with Crippen LogP contribution in [0.4, 0.5) is 13.2 Å². The molecular weight excluding hydrogens is 471 g/mol. The maximum atomic E-state index is 13.9. The van der Waals surface area contributed by atoms with E-state index in [2.05, 4.69) is 4.98 Å². The van der Waals surface area contributed by atoms with Gasteiger partial charge >= 0.3 is 6.18 Å². The van der Waals surface area contributed by atoms with E-state index in [0.29, 0.717) is 18.7 Å². The Bertz CT molecular complexity index is 1350. The summed E-state index contributed by atoms with van der Waals surface area (Å²) in [5, 5.41) is -0.163. The van der Waals surface area contributed by atoms with E-state index in [4.69, 9.17) is 20.8 Å². The van der Waals surface area contributed by atoms with E-state index in [1.807, 2.05) is 24.3 Å². The Kier molecular flexibility index (Phi) is 5.51. The van der Waals surface area contributed by atoms with Crippen LogP contribution in [0.25, 0.3) is 16.8 Å². The normalized spacial score (nSPS) is 16.4. The van der Waals surface area contributed by atoms with E-state index in [1.54, 1.807) is 18.1 Å². The van der Waals surface area contributed by atoms with Crippen LogP contribution in [0.2, 0.25) is 5.15 Å². The maximum Gasteiger partial charge on any atom is 0.420 e. The highest BCUT2D eigenvalue weighted by Gasteiger charge is 2.37. The molecule has 6 nitrogen and oxygen atoms in total. The van der Waals surface area contributed by atoms with E-state index in [1.165, 1.54) is 18.7 Å². The predicted octanol–water partition coefficient (Wildman–Crippen LogP) is 5.90. The standard InChI is InChI=1S/C24H19ClF3N3O3/c1-33-18-4-2-14(3-5-18)15-6-8-30(11-15)23(32)20-21(25)31-12-17(16-7-9-34-13-16)10-19(22(31)29-20)24(26,27)28/h2-5,7,9-10,12-13,15H,6,8,11H2,1H3. The van der Waals surface area contributed by atoms with Gasteiger partial charge in [0.2, 0.25) is 0 Å². The molecule has 0 saturated carbocycles. The number of carbonyl (C=O) groups is 1. The Hall–Kier alpha value is -3.46. The van der Waals surface area contributed by atoms with Crippen molar-refractivity contribution in [3.05, 3.63) is 77.1 Å². The van der Waals surface area contributed by atoms with E-state index in [9.17, 15) is 18.0 Å². The van der Waals surface area contributed by atoms with Gasteiger partial charge in [-0.15, -0.1) is 0 Å². The summed E-state index contributed by atoms with van der Waals surface area (Å²) >= 11 is 6.42. The summed E-state index contributed by atoms with van der Waals surface area (Å²) in [4.78, 5) is 18.9. The van der Waals surface area contributed by atoms with Crippen LogP contribution in [-0.2, 0) is 6.18 Å². The summed E-state index contributed by atoms with van der Waals surface area (Å²) in [5.74, 6) is 0.341. The van der Waals surface area contributed by atoms with Crippen LogP contribution in [0.15, 0.2) is 59.5 Å². The first-order valence-electron chi connectivity index (χ1n) is 10.5. The molecule has 1 fully saturated rings. The van der Waals surface area contributed by atoms with Crippen LogP contribution in [0.3, 0.4) is 0 Å². The van der Waals surface area contributed by atoms with Crippen LogP contribution in [0, 0.1) is 0 Å². The van der Waals surface area contributed by atoms with Gasteiger partial charge in [0, 0.05) is 36.3 Å². The number of hydrogen-bond acceptors (Lipinski definition) is 4. The van der Waals surface area contributed by atoms with Gasteiger partial charge in [0.25, 0.3) is 5.91 Å². The fourth-order valence-electron chi connectivity index (χ4n) is 4.29. The van der Waals surface area contributed by atoms with E-state index < -0.39 is 23.3 Å². The number of pyridine rings is 1. The van der Waals surface area contributed by atoms with Crippen LogP contribution >= 0.6 is 11.6 Å². The number of likely N-dealkylation sites (tertiary alicyclic amines) is 1. The molecule has 5 rings (SSSR count). The number of halogens is 4. The molecule has 1 unspecified atom stereocenters. The molecule has 1 atom stereocenters. The minimum absolute atomic E-state index is 0.101. The Labute approximate surface area is 197 Å². The number of ether oxygens (including phenoxy) is 1. The van der Waals surface area contributed by atoms with Crippen LogP contribution in [0.5, 0.6) is 5.75 Å². The van der Waals surface area contributed by atoms with Gasteiger partial charge in [0.05, 0.1) is 25.2 Å². The lowest BCUT2D eigenvalue weighted by atomic mass is 9.98. The molecule has 0 spiro atoms. The van der Waals surface area contributed by atoms with Gasteiger partial charge in [-0.05, 0) is 36.2 Å². The molecule has 0 N–H and O–H groups in total. The number of aromatic nitrogens is 2. The monoisotopic (exact) mass is 489 g/mol. The number of carbonyl (C=O) groups excluding carboxylic acids is 1. The van der Waals surface area contributed by atoms with Crippen molar-refractivity contribution in [2.24, 2.45) is 0 Å². The zero-order valence-electron chi connectivity index (χ0n) is 18.0. The van der Waals surface area contributed by atoms with Crippen molar-refractivity contribution in [2.75, 3.05) is 20.2 Å². The molecular formula is C24H19ClF3N3O3. The number of furan rings is 1. The molecule has 1 aliphatic rings. The molecule has 176 valence electrons. The number of imidazole rings is 1. The van der Waals surface area contributed by atoms with Gasteiger partial charge in [-0.1, -0.05) is 23.7 Å². The summed E-state index contributed by atoms with van der Waals surface area (Å²) in [6, 6.07) is 10.1. The third kappa shape index (κ3) is 3.90. The molecule has 4 aromatic rings. The third-order valence-corrected chi connectivity index (χ3v) is 6.45. The van der Waals surface area contributed by atoms with Gasteiger partial charge < -0.3 is 14.1 Å². The van der Waals surface area contributed by atoms with Gasteiger partial charge in [-0.25, -0.2) is 4.98 Å². The number of alkyl halides is 3. The molecule has 0 bridgehead atoms. The molecule has 1 aliphatic heterocycles. The lowest BCUT2D eigenvalue weighted by molar-refractivity contribution is -0.136. The highest BCUT2D eigenvalue weighted by Crippen LogP contribution is 2.38. The summed E-state index contributed by atoms with van der Waals surface area (Å²) in [6.07, 6.45) is 0.155. The summed E-state index contributed by atoms with van der Waals surface area (Å²) in [5.41, 5.74) is 0.149. The van der Waals surface area contributed by atoms with Crippen LogP contribution < -0.4 is 4.74 Å². The summed E-state index contributed by atoms with van der Waals surface area (Å²) in [6.45, 7) is 0.869. The van der Waals surface area contributed by atoms with Crippen LogP contribution in [0.1, 0.15) is 34.0 Å². The predicted molar refractivity (Wildman–Crippen MR) is 119 cm³/mol. The first-order chi connectivity index (χ1) is 16.3. The van der Waals surface area contributed by atoms with Crippen molar-refractivity contribution < 1.29 is 27.1 Å². The fourth-order valence-corrected chi connectivity index (χ4v) is 4.54. The van der Waals surface area contributed by atoms with Crippen molar-refractivity contribution in [3.8, 4) is 16.9 Å². The molecule has 10 heteroatoms. The number of nitrogens with zero attached hydrogens (tertiary/aromatic N) is 3. The molecule has 1 saturated heterocycles. The van der Waals surface area contributed by atoms with Crippen molar-refractivity contribution in [2.45, 2.75) is 18.5 Å². The number of fused-ring (bicyclic) bond motifs is 1. The van der Waals surface area contributed by atoms with Gasteiger partial charge in [-0.3, -0.25) is 9.20 Å². The number of methoxy groups -OCH3 is 1. The smallest absolute Gasteiger partial charge is 0.420 e. The Morgan fingerprint density at radius 3 is 2.62 bits per heavy atom. The second-order valence-electron chi connectivity index (χ2n) is 8.11. The molecule has 3 aromatic heterocycles. The number of benzene rings is 1. The molecule has 0 aliphatic carbocycles. The largest absolute Gasteiger partial charge is 0.497 e. The minimum Gasteiger partial charge on any atom is -0.497 e. The first kappa shape index (κ1) is 22.3. The lowest BCUT2D eigenvalue weighted by Gasteiger charge is -2.16. The lowest BCUT2D eigenvalue weighted by Crippen LogP contribution is -2.29. The number of rotatable bonds is 4. The average molecular weight is 490 g/mol. The van der Waals surface area contributed by atoms with Gasteiger partial charge in [0.15, 0.2) is 11.3 Å². The zero-order chi connectivity index (χ0) is 24.0. The van der Waals surface area contributed by atoms with Crippen molar-refractivity contribution >= 4 is 23.2 Å². The average Bonchev–Trinajstić information content (AvgIpc) is 3.58. The van der Waals surface area contributed by atoms with Gasteiger partial charge in [-0.2, -0.15) is 13.2 Å². The van der Waals surface area contributed by atoms with E-state index in [-0.39, 0.29) is 22.3 Å². The Morgan fingerprint density at radius 2 is 1.97 bits per heavy atom. The number of amides is 1. The molecule has 1 aromatic carbocycles. The maximum absolute atomic E-state index is 13.9. The van der Waals surface area contributed by atoms with E-state index >= 15 is 0 Å². The van der Waals surface area contributed by atoms with Crippen LogP contribution in [-0.4, -0.2) is 40.4 Å². The zero-order valence-corrected chi connectivity index (χ0v) is 18.7. The molecule has 0 radical (unpaired) electrons. The minimum atomic E-state index is -4.69. The van der Waals surface area contributed by atoms with Crippen molar-refractivity contribution in [3.63, 3.8) is 0 Å². The summed E-state index contributed by atoms with van der Waals surface area (Å²) in [7, 11) is 1.59. The highest BCUT2D eigenvalue weighted by molar-refractivity contribution is 6.33. The molecule has 34 heavy (non-hydrogen) atoms. The second-order valence-corrected chi connectivity index (χ2v) is 8.47. The van der Waals surface area contributed by atoms with Crippen molar-refractivity contribution in [1.82, 2.24) is 14.3 Å². The first-order valence-corrected chi connectivity index (χ1v) is 10.9. The Balaban J connectivity index is 1.49. The number of hydrogen-bond donors (Lipinski definition) is 0. The van der Waals surface area contributed by atoms with Crippen molar-refractivity contribution in [1.29, 1.82) is 0 Å². The second kappa shape index (κ2) is 8.39. The molecule has 1 amide bonds. The SMILES string of the molecule is COc1ccc(C2CCN(C(=O)c3nc4c(C(F)(F)F)cc(-c5ccoc5)cn4c3Cl)C2)cc1. The molecule has 4 heterocycles. The fraction of sp³-hybridized carbons (Fsp3) is 0.250. The topological polar surface area (TPSA) is 60.0 Å². The highest BCUT2D eigenvalue weighted by atomic mass is 35.5. The summed E-state index contributed by atoms with van der Waals surface area (Å²) < 4.78 is 52.8. The van der Waals surface area contributed by atoms with E-state index in [0.717, 1.165) is 28.2 Å². The van der Waals surface area contributed by atoms with Gasteiger partial charge in [0.1, 0.15) is 10.9 Å².